The van der Waals surface area contributed by atoms with E-state index in [0.717, 1.165) is 5.82 Å². The third-order valence-corrected chi connectivity index (χ3v) is 3.11. The molecule has 2 rings (SSSR count). The molecule has 1 heterocycles. The Labute approximate surface area is 106 Å². The van der Waals surface area contributed by atoms with Crippen LogP contribution in [-0.2, 0) is 6.42 Å². The molecule has 0 spiro atoms. The van der Waals surface area contributed by atoms with Crippen molar-refractivity contribution >= 4 is 27.5 Å². The summed E-state index contributed by atoms with van der Waals surface area (Å²) in [4.78, 5) is 7.00. The quantitative estimate of drug-likeness (QED) is 0.858. The molecule has 16 heavy (non-hydrogen) atoms. The number of nitrogens with zero attached hydrogens (tertiary/aromatic N) is 1. The third kappa shape index (κ3) is 2.62. The molecule has 1 N–H and O–H groups in total. The zero-order valence-corrected chi connectivity index (χ0v) is 10.6. The Bertz CT molecular complexity index is 473. The van der Waals surface area contributed by atoms with Gasteiger partial charge in [-0.05, 0) is 12.1 Å². The van der Waals surface area contributed by atoms with Gasteiger partial charge in [0, 0.05) is 28.9 Å². The van der Waals surface area contributed by atoms with E-state index in [-0.39, 0.29) is 5.82 Å². The zero-order chi connectivity index (χ0) is 11.5. The summed E-state index contributed by atoms with van der Waals surface area (Å²) in [6, 6.07) is 4.86. The van der Waals surface area contributed by atoms with Crippen molar-refractivity contribution in [1.29, 1.82) is 0 Å². The number of nitrogens with one attached hydrogen (secondary N) is 1. The molecule has 0 aliphatic carbocycles. The standard InChI is InChI=1S/C11H9BrClFN2/c12-7-1-2-8(10(14)5-7)9(13)6-11-15-3-4-16-11/h1-5,9H,6H2,(H,15,16). The molecule has 0 aliphatic rings. The maximum absolute atomic E-state index is 13.6. The van der Waals surface area contributed by atoms with E-state index in [1.807, 2.05) is 0 Å². The van der Waals surface area contributed by atoms with E-state index in [2.05, 4.69) is 25.9 Å². The molecule has 1 aromatic carbocycles. The predicted molar refractivity (Wildman–Crippen MR) is 65.0 cm³/mol. The molecule has 0 saturated heterocycles. The number of benzene rings is 1. The van der Waals surface area contributed by atoms with Gasteiger partial charge in [-0.15, -0.1) is 11.6 Å². The minimum absolute atomic E-state index is 0.305. The molecular weight excluding hydrogens is 294 g/mol. The van der Waals surface area contributed by atoms with Crippen LogP contribution in [0.2, 0.25) is 0 Å². The van der Waals surface area contributed by atoms with Crippen LogP contribution in [0.3, 0.4) is 0 Å². The Morgan fingerprint density at radius 1 is 1.50 bits per heavy atom. The zero-order valence-electron chi connectivity index (χ0n) is 8.25. The summed E-state index contributed by atoms with van der Waals surface area (Å²) in [7, 11) is 0. The Hall–Kier alpha value is -0.870. The highest BCUT2D eigenvalue weighted by Gasteiger charge is 2.14. The summed E-state index contributed by atoms with van der Waals surface area (Å²) in [6.45, 7) is 0. The lowest BCUT2D eigenvalue weighted by molar-refractivity contribution is 0.603. The smallest absolute Gasteiger partial charge is 0.129 e. The van der Waals surface area contributed by atoms with Crippen LogP contribution in [0.15, 0.2) is 35.1 Å². The fraction of sp³-hybridized carbons (Fsp3) is 0.182. The van der Waals surface area contributed by atoms with Gasteiger partial charge in [0.2, 0.25) is 0 Å². The molecule has 1 unspecified atom stereocenters. The highest BCUT2D eigenvalue weighted by Crippen LogP contribution is 2.27. The Kier molecular flexibility index (Phi) is 3.61. The van der Waals surface area contributed by atoms with Gasteiger partial charge in [-0.3, -0.25) is 0 Å². The molecule has 0 aliphatic heterocycles. The second-order valence-corrected chi connectivity index (χ2v) is 4.82. The van der Waals surface area contributed by atoms with Gasteiger partial charge in [0.25, 0.3) is 0 Å². The number of aromatic amines is 1. The van der Waals surface area contributed by atoms with Gasteiger partial charge < -0.3 is 4.98 Å². The molecule has 1 aromatic heterocycles. The highest BCUT2D eigenvalue weighted by molar-refractivity contribution is 9.10. The van der Waals surface area contributed by atoms with Crippen molar-refractivity contribution in [2.45, 2.75) is 11.8 Å². The molecular formula is C11H9BrClFN2. The number of H-pyrrole nitrogens is 1. The molecule has 0 saturated carbocycles. The van der Waals surface area contributed by atoms with Gasteiger partial charge in [0.05, 0.1) is 5.38 Å². The molecule has 1 atom stereocenters. The number of aromatic nitrogens is 2. The summed E-state index contributed by atoms with van der Waals surface area (Å²) >= 11 is 9.34. The van der Waals surface area contributed by atoms with Crippen LogP contribution in [0.5, 0.6) is 0 Å². The largest absolute Gasteiger partial charge is 0.349 e. The summed E-state index contributed by atoms with van der Waals surface area (Å²) in [5, 5.41) is -0.417. The van der Waals surface area contributed by atoms with Crippen molar-refractivity contribution in [1.82, 2.24) is 9.97 Å². The van der Waals surface area contributed by atoms with Gasteiger partial charge >= 0.3 is 0 Å². The first kappa shape index (κ1) is 11.6. The van der Waals surface area contributed by atoms with E-state index >= 15 is 0 Å². The first-order valence-corrected chi connectivity index (χ1v) is 5.97. The van der Waals surface area contributed by atoms with Gasteiger partial charge in [0.1, 0.15) is 11.6 Å². The summed E-state index contributed by atoms with van der Waals surface area (Å²) in [6.07, 6.45) is 3.85. The number of alkyl halides is 1. The minimum Gasteiger partial charge on any atom is -0.349 e. The van der Waals surface area contributed by atoms with Crippen molar-refractivity contribution < 1.29 is 4.39 Å². The highest BCUT2D eigenvalue weighted by atomic mass is 79.9. The van der Waals surface area contributed by atoms with Gasteiger partial charge in [-0.2, -0.15) is 0 Å². The lowest BCUT2D eigenvalue weighted by Gasteiger charge is -2.09. The first-order valence-electron chi connectivity index (χ1n) is 4.74. The Morgan fingerprint density at radius 3 is 2.94 bits per heavy atom. The number of rotatable bonds is 3. The predicted octanol–water partition coefficient (Wildman–Crippen LogP) is 3.83. The van der Waals surface area contributed by atoms with Crippen molar-refractivity contribution in [3.63, 3.8) is 0 Å². The Morgan fingerprint density at radius 2 is 2.31 bits per heavy atom. The third-order valence-electron chi connectivity index (χ3n) is 2.23. The van der Waals surface area contributed by atoms with Gasteiger partial charge in [0.15, 0.2) is 0 Å². The van der Waals surface area contributed by atoms with E-state index in [1.54, 1.807) is 24.5 Å². The van der Waals surface area contributed by atoms with E-state index in [9.17, 15) is 4.39 Å². The Balaban J connectivity index is 2.17. The lowest BCUT2D eigenvalue weighted by atomic mass is 10.1. The van der Waals surface area contributed by atoms with Crippen molar-refractivity contribution in [3.8, 4) is 0 Å². The normalized spacial score (nSPS) is 12.7. The summed E-state index contributed by atoms with van der Waals surface area (Å²) < 4.78 is 14.3. The van der Waals surface area contributed by atoms with Gasteiger partial charge in [-0.1, -0.05) is 22.0 Å². The van der Waals surface area contributed by atoms with E-state index in [0.29, 0.717) is 16.5 Å². The van der Waals surface area contributed by atoms with Crippen LogP contribution in [0.1, 0.15) is 16.8 Å². The molecule has 0 amide bonds. The van der Waals surface area contributed by atoms with E-state index in [1.165, 1.54) is 6.07 Å². The average Bonchev–Trinajstić information content (AvgIpc) is 2.70. The maximum atomic E-state index is 13.6. The maximum Gasteiger partial charge on any atom is 0.129 e. The first-order chi connectivity index (χ1) is 7.66. The van der Waals surface area contributed by atoms with Crippen LogP contribution < -0.4 is 0 Å². The fourth-order valence-electron chi connectivity index (χ4n) is 1.44. The van der Waals surface area contributed by atoms with E-state index < -0.39 is 5.38 Å². The molecule has 5 heteroatoms. The number of halogens is 3. The van der Waals surface area contributed by atoms with Crippen LogP contribution in [0.4, 0.5) is 4.39 Å². The van der Waals surface area contributed by atoms with Crippen molar-refractivity contribution in [2.75, 3.05) is 0 Å². The fourth-order valence-corrected chi connectivity index (χ4v) is 2.10. The van der Waals surface area contributed by atoms with Crippen molar-refractivity contribution in [3.05, 3.63) is 52.3 Å². The minimum atomic E-state index is -0.417. The monoisotopic (exact) mass is 302 g/mol. The SMILES string of the molecule is Fc1cc(Br)ccc1C(Cl)Cc1ncc[nH]1. The molecule has 84 valence electrons. The molecule has 0 fully saturated rings. The second kappa shape index (κ2) is 4.97. The molecule has 2 aromatic rings. The number of imidazole rings is 1. The molecule has 0 bridgehead atoms. The van der Waals surface area contributed by atoms with Crippen LogP contribution >= 0.6 is 27.5 Å². The van der Waals surface area contributed by atoms with Crippen LogP contribution in [0.25, 0.3) is 0 Å². The van der Waals surface area contributed by atoms with E-state index in [4.69, 9.17) is 11.6 Å². The van der Waals surface area contributed by atoms with Crippen molar-refractivity contribution in [2.24, 2.45) is 0 Å². The van der Waals surface area contributed by atoms with Crippen LogP contribution in [-0.4, -0.2) is 9.97 Å². The summed E-state index contributed by atoms with van der Waals surface area (Å²) in [5.74, 6) is 0.447. The molecule has 2 nitrogen and oxygen atoms in total. The topological polar surface area (TPSA) is 28.7 Å². The average molecular weight is 304 g/mol. The molecule has 0 radical (unpaired) electrons. The van der Waals surface area contributed by atoms with Crippen LogP contribution in [0, 0.1) is 5.82 Å². The number of hydrogen-bond acceptors (Lipinski definition) is 1. The summed E-state index contributed by atoms with van der Waals surface area (Å²) in [5.41, 5.74) is 0.487. The van der Waals surface area contributed by atoms with Gasteiger partial charge in [-0.25, -0.2) is 9.37 Å². The second-order valence-electron chi connectivity index (χ2n) is 3.37. The number of hydrogen-bond donors (Lipinski definition) is 1. The lowest BCUT2D eigenvalue weighted by Crippen LogP contribution is -2.00.